The smallest absolute Gasteiger partial charge is 0.134 e. The summed E-state index contributed by atoms with van der Waals surface area (Å²) in [7, 11) is 0. The van der Waals surface area contributed by atoms with Gasteiger partial charge in [-0.3, -0.25) is 0 Å². The number of furan rings is 1. The topological polar surface area (TPSA) is 33.4 Å². The van der Waals surface area contributed by atoms with E-state index in [-0.39, 0.29) is 6.61 Å². The van der Waals surface area contributed by atoms with Crippen molar-refractivity contribution in [3.8, 4) is 0 Å². The summed E-state index contributed by atoms with van der Waals surface area (Å²) in [5, 5.41) is 10.1. The minimum atomic E-state index is 0.0435. The third-order valence-electron chi connectivity index (χ3n) is 2.31. The normalized spacial score (nSPS) is 11.0. The first-order chi connectivity index (χ1) is 6.22. The molecule has 0 amide bonds. The molecule has 0 bridgehead atoms. The van der Waals surface area contributed by atoms with Crippen LogP contribution in [0.25, 0.3) is 11.0 Å². The number of hydrogen-bond acceptors (Lipinski definition) is 2. The van der Waals surface area contributed by atoms with E-state index in [1.54, 1.807) is 0 Å². The van der Waals surface area contributed by atoms with Gasteiger partial charge in [-0.25, -0.2) is 0 Å². The van der Waals surface area contributed by atoms with Gasteiger partial charge in [0.2, 0.25) is 0 Å². The van der Waals surface area contributed by atoms with Crippen molar-refractivity contribution >= 4 is 11.0 Å². The molecule has 0 aliphatic heterocycles. The van der Waals surface area contributed by atoms with Crippen LogP contribution in [0.5, 0.6) is 0 Å². The SMILES string of the molecule is Cc1ccc2c(CO)c(C)oc2c1. The molecule has 0 saturated carbocycles. The zero-order valence-electron chi connectivity index (χ0n) is 7.79. The lowest BCUT2D eigenvalue weighted by atomic mass is 10.1. The Bertz CT molecular complexity index is 441. The van der Waals surface area contributed by atoms with Crippen LogP contribution in [-0.2, 0) is 6.61 Å². The third-order valence-corrected chi connectivity index (χ3v) is 2.31. The Morgan fingerprint density at radius 2 is 2.08 bits per heavy atom. The van der Waals surface area contributed by atoms with E-state index in [0.717, 1.165) is 22.3 Å². The fourth-order valence-corrected chi connectivity index (χ4v) is 1.58. The molecule has 0 unspecified atom stereocenters. The zero-order valence-corrected chi connectivity index (χ0v) is 7.79. The maximum atomic E-state index is 9.11. The second kappa shape index (κ2) is 2.89. The summed E-state index contributed by atoms with van der Waals surface area (Å²) < 4.78 is 5.51. The molecule has 68 valence electrons. The van der Waals surface area contributed by atoms with Gasteiger partial charge in [-0.1, -0.05) is 12.1 Å². The van der Waals surface area contributed by atoms with Crippen molar-refractivity contribution in [2.75, 3.05) is 0 Å². The molecule has 0 spiro atoms. The minimum absolute atomic E-state index is 0.0435. The molecule has 13 heavy (non-hydrogen) atoms. The summed E-state index contributed by atoms with van der Waals surface area (Å²) in [6, 6.07) is 6.00. The number of rotatable bonds is 1. The number of aryl methyl sites for hydroxylation is 2. The predicted octanol–water partition coefficient (Wildman–Crippen LogP) is 2.54. The molecule has 0 saturated heterocycles. The largest absolute Gasteiger partial charge is 0.461 e. The van der Waals surface area contributed by atoms with Crippen LogP contribution < -0.4 is 0 Å². The van der Waals surface area contributed by atoms with Gasteiger partial charge in [-0.2, -0.15) is 0 Å². The molecule has 1 heterocycles. The van der Waals surface area contributed by atoms with Crippen LogP contribution in [0.15, 0.2) is 22.6 Å². The molecule has 2 heteroatoms. The van der Waals surface area contributed by atoms with E-state index in [9.17, 15) is 0 Å². The lowest BCUT2D eigenvalue weighted by Crippen LogP contribution is -1.82. The molecular weight excluding hydrogens is 164 g/mol. The number of hydrogen-bond donors (Lipinski definition) is 1. The van der Waals surface area contributed by atoms with E-state index in [0.29, 0.717) is 0 Å². The Hall–Kier alpha value is -1.28. The minimum Gasteiger partial charge on any atom is -0.461 e. The number of aliphatic hydroxyl groups excluding tert-OH is 1. The first-order valence-electron chi connectivity index (χ1n) is 4.32. The van der Waals surface area contributed by atoms with Crippen molar-refractivity contribution in [3.63, 3.8) is 0 Å². The monoisotopic (exact) mass is 176 g/mol. The molecule has 2 aromatic rings. The zero-order chi connectivity index (χ0) is 9.42. The highest BCUT2D eigenvalue weighted by Gasteiger charge is 2.08. The summed E-state index contributed by atoms with van der Waals surface area (Å²) in [6.07, 6.45) is 0. The van der Waals surface area contributed by atoms with E-state index in [4.69, 9.17) is 9.52 Å². The van der Waals surface area contributed by atoms with Crippen molar-refractivity contribution < 1.29 is 9.52 Å². The van der Waals surface area contributed by atoms with Gasteiger partial charge in [-0.15, -0.1) is 0 Å². The van der Waals surface area contributed by atoms with Crippen molar-refractivity contribution in [3.05, 3.63) is 35.1 Å². The molecule has 0 aliphatic carbocycles. The van der Waals surface area contributed by atoms with E-state index in [1.807, 2.05) is 32.0 Å². The van der Waals surface area contributed by atoms with E-state index in [1.165, 1.54) is 5.56 Å². The highest BCUT2D eigenvalue weighted by atomic mass is 16.3. The Morgan fingerprint density at radius 3 is 2.77 bits per heavy atom. The van der Waals surface area contributed by atoms with Gasteiger partial charge in [0.15, 0.2) is 0 Å². The van der Waals surface area contributed by atoms with E-state index < -0.39 is 0 Å². The summed E-state index contributed by atoms with van der Waals surface area (Å²) in [5.74, 6) is 0.808. The van der Waals surface area contributed by atoms with Crippen LogP contribution in [0.1, 0.15) is 16.9 Å². The number of fused-ring (bicyclic) bond motifs is 1. The molecule has 0 radical (unpaired) electrons. The maximum Gasteiger partial charge on any atom is 0.134 e. The predicted molar refractivity (Wildman–Crippen MR) is 51.6 cm³/mol. The van der Waals surface area contributed by atoms with Crippen LogP contribution in [0, 0.1) is 13.8 Å². The fraction of sp³-hybridized carbons (Fsp3) is 0.273. The maximum absolute atomic E-state index is 9.11. The fourth-order valence-electron chi connectivity index (χ4n) is 1.58. The third kappa shape index (κ3) is 1.23. The van der Waals surface area contributed by atoms with Crippen LogP contribution in [0.2, 0.25) is 0 Å². The summed E-state index contributed by atoms with van der Waals surface area (Å²) >= 11 is 0. The Morgan fingerprint density at radius 1 is 1.31 bits per heavy atom. The van der Waals surface area contributed by atoms with E-state index >= 15 is 0 Å². The average Bonchev–Trinajstić information content (AvgIpc) is 2.39. The lowest BCUT2D eigenvalue weighted by molar-refractivity contribution is 0.280. The molecule has 0 aliphatic rings. The van der Waals surface area contributed by atoms with Crippen molar-refractivity contribution in [1.82, 2.24) is 0 Å². The molecule has 0 fully saturated rings. The first kappa shape index (κ1) is 8.32. The Kier molecular flexibility index (Phi) is 1.85. The standard InChI is InChI=1S/C11H12O2/c1-7-3-4-9-10(6-12)8(2)13-11(9)5-7/h3-5,12H,6H2,1-2H3. The van der Waals surface area contributed by atoms with Gasteiger partial charge in [0.1, 0.15) is 11.3 Å². The van der Waals surface area contributed by atoms with Gasteiger partial charge in [0.05, 0.1) is 6.61 Å². The van der Waals surface area contributed by atoms with Gasteiger partial charge in [-0.05, 0) is 25.5 Å². The van der Waals surface area contributed by atoms with Gasteiger partial charge >= 0.3 is 0 Å². The highest BCUT2D eigenvalue weighted by Crippen LogP contribution is 2.25. The molecule has 1 aromatic carbocycles. The van der Waals surface area contributed by atoms with Crippen molar-refractivity contribution in [2.45, 2.75) is 20.5 Å². The van der Waals surface area contributed by atoms with Crippen LogP contribution in [0.4, 0.5) is 0 Å². The molecule has 2 rings (SSSR count). The van der Waals surface area contributed by atoms with Gasteiger partial charge in [0, 0.05) is 10.9 Å². The van der Waals surface area contributed by atoms with Crippen molar-refractivity contribution in [1.29, 1.82) is 0 Å². The number of benzene rings is 1. The summed E-state index contributed by atoms with van der Waals surface area (Å²) in [4.78, 5) is 0. The highest BCUT2D eigenvalue weighted by molar-refractivity contribution is 5.82. The molecule has 1 N–H and O–H groups in total. The Labute approximate surface area is 76.8 Å². The number of aliphatic hydroxyl groups is 1. The Balaban J connectivity index is 2.79. The lowest BCUT2D eigenvalue weighted by Gasteiger charge is -1.93. The second-order valence-electron chi connectivity index (χ2n) is 3.29. The second-order valence-corrected chi connectivity index (χ2v) is 3.29. The first-order valence-corrected chi connectivity index (χ1v) is 4.32. The van der Waals surface area contributed by atoms with Gasteiger partial charge < -0.3 is 9.52 Å². The van der Waals surface area contributed by atoms with Crippen LogP contribution in [0.3, 0.4) is 0 Å². The molecule has 0 atom stereocenters. The average molecular weight is 176 g/mol. The van der Waals surface area contributed by atoms with E-state index in [2.05, 4.69) is 0 Å². The summed E-state index contributed by atoms with van der Waals surface area (Å²) in [6.45, 7) is 3.94. The van der Waals surface area contributed by atoms with Gasteiger partial charge in [0.25, 0.3) is 0 Å². The molecule has 1 aromatic heterocycles. The molecular formula is C11H12O2. The molecule has 2 nitrogen and oxygen atoms in total. The van der Waals surface area contributed by atoms with Crippen molar-refractivity contribution in [2.24, 2.45) is 0 Å². The quantitative estimate of drug-likeness (QED) is 0.724. The summed E-state index contributed by atoms with van der Waals surface area (Å²) in [5.41, 5.74) is 2.93. The van der Waals surface area contributed by atoms with Crippen LogP contribution >= 0.6 is 0 Å². The van der Waals surface area contributed by atoms with Crippen LogP contribution in [-0.4, -0.2) is 5.11 Å².